The zero-order valence-electron chi connectivity index (χ0n) is 81.1. The molecule has 0 aromatic heterocycles. The number of hydrogen-bond acceptors (Lipinski definition) is 2. The van der Waals surface area contributed by atoms with E-state index >= 15 is 0 Å². The van der Waals surface area contributed by atoms with Crippen molar-refractivity contribution < 1.29 is 101 Å². The second-order valence-corrected chi connectivity index (χ2v) is 38.4. The summed E-state index contributed by atoms with van der Waals surface area (Å²) in [4.78, 5) is 4.46. The van der Waals surface area contributed by atoms with Crippen LogP contribution < -0.4 is 0 Å². The van der Waals surface area contributed by atoms with Crippen LogP contribution in [-0.2, 0) is 16.2 Å². The molecule has 0 heterocycles. The van der Waals surface area contributed by atoms with Gasteiger partial charge in [-0.3, -0.25) is 0 Å². The summed E-state index contributed by atoms with van der Waals surface area (Å²) < 4.78 is 323. The molecule has 0 unspecified atom stereocenters. The predicted molar refractivity (Wildman–Crippen MR) is 541 cm³/mol. The monoisotopic (exact) mass is 2170 g/mol. The van der Waals surface area contributed by atoms with Crippen molar-refractivity contribution in [2.24, 2.45) is 10.2 Å². The van der Waals surface area contributed by atoms with E-state index in [1.807, 2.05) is 48.5 Å². The molecule has 11 aromatic carbocycles. The van der Waals surface area contributed by atoms with Crippen molar-refractivity contribution in [3.63, 3.8) is 0 Å². The number of unbranched alkanes of at least 4 members (excludes halogenated alkanes) is 18. The molecule has 0 spiro atoms. The van der Waals surface area contributed by atoms with Gasteiger partial charge < -0.3 is 0 Å². The zero-order chi connectivity index (χ0) is 106. The lowest BCUT2D eigenvalue weighted by atomic mass is 9.70. The number of hydrogen-bond donors (Lipinski definition) is 0. The Balaban J connectivity index is 0.000000204. The number of rotatable bonds is 41. The molecule has 0 N–H and O–H groups in total. The van der Waals surface area contributed by atoms with E-state index < -0.39 is 184 Å². The molecule has 31 heteroatoms. The normalized spacial score (nSPS) is 13.1. The maximum Gasteiger partial charge on any atom is 0.200 e. The number of nitrogens with zero attached hydrogens (tertiary/aromatic N) is 6. The van der Waals surface area contributed by atoms with Gasteiger partial charge >= 0.3 is 0 Å². The maximum absolute atomic E-state index is 14.9. The average molecular weight is 2170 g/mol. The van der Waals surface area contributed by atoms with Gasteiger partial charge in [0.1, 0.15) is 11.4 Å². The quantitative estimate of drug-likeness (QED) is 0.00533. The summed E-state index contributed by atoms with van der Waals surface area (Å²) >= 11 is 7.51. The minimum Gasteiger partial charge on any atom is -0.203 e. The Labute approximate surface area is 850 Å². The molecule has 0 aliphatic heterocycles. The van der Waals surface area contributed by atoms with Crippen molar-refractivity contribution in [2.75, 3.05) is 0 Å². The molecule has 0 fully saturated rings. The fourth-order valence-electron chi connectivity index (χ4n) is 19.9. The third kappa shape index (κ3) is 24.5. The highest BCUT2D eigenvalue weighted by molar-refractivity contribution is 9.10. The summed E-state index contributed by atoms with van der Waals surface area (Å²) in [7, 11) is 0. The third-order valence-electron chi connectivity index (χ3n) is 27.4. The first-order valence-electron chi connectivity index (χ1n) is 48.9. The predicted octanol–water partition coefficient (Wildman–Crippen LogP) is 41.3. The largest absolute Gasteiger partial charge is 0.203 e. The molecule has 0 radical (unpaired) electrons. The van der Waals surface area contributed by atoms with Crippen LogP contribution in [-0.4, -0.2) is 0 Å². The first-order chi connectivity index (χ1) is 69.9. The van der Waals surface area contributed by atoms with Crippen molar-refractivity contribution in [2.45, 2.75) is 250 Å². The van der Waals surface area contributed by atoms with E-state index in [1.54, 1.807) is 35.4 Å². The molecule has 0 atom stereocenters. The maximum atomic E-state index is 14.9. The molecule has 11 aromatic rings. The molecule has 3 aliphatic rings. The van der Waals surface area contributed by atoms with E-state index in [0.29, 0.717) is 54.0 Å². The molecular weight excluding hydrogens is 2060 g/mol. The van der Waals surface area contributed by atoms with E-state index in [9.17, 15) is 101 Å². The van der Waals surface area contributed by atoms with Gasteiger partial charge in [-0.2, -0.15) is 0 Å². The van der Waals surface area contributed by atoms with Crippen molar-refractivity contribution in [1.82, 2.24) is 0 Å². The second-order valence-electron chi connectivity index (χ2n) is 36.6. The number of azide groups is 2. The van der Waals surface area contributed by atoms with Gasteiger partial charge in [-0.25, -0.2) is 101 Å². The molecule has 0 bridgehead atoms. The van der Waals surface area contributed by atoms with Gasteiger partial charge in [-0.15, -0.1) is 0 Å². The van der Waals surface area contributed by atoms with Crippen LogP contribution in [0, 0.1) is 134 Å². The van der Waals surface area contributed by atoms with Gasteiger partial charge in [-0.05, 0) is 187 Å². The molecule has 3 aliphatic carbocycles. The summed E-state index contributed by atoms with van der Waals surface area (Å²) in [5.41, 5.74) is 23.3. The van der Waals surface area contributed by atoms with Crippen LogP contribution in [0.15, 0.2) is 135 Å². The van der Waals surface area contributed by atoms with Crippen molar-refractivity contribution >= 4 is 97.9 Å². The van der Waals surface area contributed by atoms with Crippen LogP contribution in [0.25, 0.3) is 109 Å². The van der Waals surface area contributed by atoms with E-state index in [0.717, 1.165) is 172 Å². The Bertz CT molecular complexity index is 6360. The van der Waals surface area contributed by atoms with E-state index in [1.165, 1.54) is 109 Å². The first-order valence-corrected chi connectivity index (χ1v) is 50.4. The second kappa shape index (κ2) is 52.1. The van der Waals surface area contributed by atoms with Crippen molar-refractivity contribution in [3.05, 3.63) is 363 Å². The Morgan fingerprint density at radius 2 is 0.411 bits per heavy atom. The zero-order valence-corrected chi connectivity index (χ0v) is 84.3. The minimum atomic E-state index is -2.24. The lowest BCUT2D eigenvalue weighted by Gasteiger charge is -2.33. The molecule has 772 valence electrons. The number of fused-ring (bicyclic) bond motifs is 9. The van der Waals surface area contributed by atoms with Gasteiger partial charge in [0.05, 0.1) is 27.8 Å². The van der Waals surface area contributed by atoms with E-state index in [4.69, 9.17) is 11.1 Å². The Kier molecular flexibility index (Phi) is 40.8. The Hall–Kier alpha value is -11.9. The average Bonchev–Trinajstić information content (AvgIpc) is 1.57. The fraction of sp³-hybridized carbons (Fsp3) is 0.339. The molecular formula is C115H107Br2F23N6. The highest BCUT2D eigenvalue weighted by atomic mass is 79.9. The van der Waals surface area contributed by atoms with Gasteiger partial charge in [0.25, 0.3) is 0 Å². The van der Waals surface area contributed by atoms with Crippen molar-refractivity contribution in [1.29, 1.82) is 0 Å². The highest BCUT2D eigenvalue weighted by Crippen LogP contribution is 2.59. The molecule has 146 heavy (non-hydrogen) atoms. The topological polar surface area (TPSA) is 97.5 Å². The van der Waals surface area contributed by atoms with Gasteiger partial charge in [0, 0.05) is 35.0 Å². The summed E-state index contributed by atoms with van der Waals surface area (Å²) in [6.07, 6.45) is 40.5. The van der Waals surface area contributed by atoms with E-state index in [-0.39, 0.29) is 5.41 Å². The summed E-state index contributed by atoms with van der Waals surface area (Å²) in [5.74, 6) is -44.4. The summed E-state index contributed by atoms with van der Waals surface area (Å²) in [5, 5.41) is 5.47. The molecule has 0 saturated heterocycles. The summed E-state index contributed by atoms with van der Waals surface area (Å²) in [6.45, 7) is 15.9. The Morgan fingerprint density at radius 3 is 0.603 bits per heavy atom. The minimum absolute atomic E-state index is 0.180. The molecule has 0 amide bonds. The number of halogens is 25. The lowest BCUT2D eigenvalue weighted by Crippen LogP contribution is -2.25. The standard InChI is InChI=1S/C41H36F10.C41H36F8N6.C25H32Br2.C8H3F5/c1-3-5-7-9-19-41(20-10-8-6-4-2)29-21-23(13-17-27-31(42)35(46)39(50)36(47)32(27)43)11-15-25(29)26-16-12-24(22-30(26)41)14-18-28-33(44)37(48)40(51)38(49)34(28)45;1-3-5-7-9-19-41(20-10-8-6-4-2)29-21-23(13-17-27-31(42)35(46)39(52-54-50)36(47)32(27)43)11-15-25(29)26-16-12-24(22-30(26)41)14-18-28-33(44)37(48)40(53-55-51)38(49)34(28)45;1-3-5-7-9-15-25(16-10-8-6-4-2)23-17-19(26)11-13-21(23)22-14-12-20(27)18-24(22)25;1-2-3-4(9)6(11)8(13)7(12)5(3)10/h11-18,21-22H,3-10,19-20H2,1-2H3;11-18,21-22H,3-10,19-20H2,1-2H3;11-14,17-18H,3-10,15-16H2,1-2H3;2H,1H2/b2*17-13+,18-14+;;. The van der Waals surface area contributed by atoms with Gasteiger partial charge in [0.15, 0.2) is 116 Å². The summed E-state index contributed by atoms with van der Waals surface area (Å²) in [6, 6.07) is 35.4. The fourth-order valence-corrected chi connectivity index (χ4v) is 20.6. The lowest BCUT2D eigenvalue weighted by molar-refractivity contribution is 0.377. The smallest absolute Gasteiger partial charge is 0.200 e. The van der Waals surface area contributed by atoms with Crippen LogP contribution in [0.3, 0.4) is 0 Å². The van der Waals surface area contributed by atoms with E-state index in [2.05, 4.69) is 136 Å². The van der Waals surface area contributed by atoms with Crippen LogP contribution in [0.4, 0.5) is 112 Å². The first kappa shape index (κ1) is 114. The highest BCUT2D eigenvalue weighted by Gasteiger charge is 2.47. The SMILES string of the molecule is C=Cc1c(F)c(F)c(F)c(F)c1F.CCCCCCC1(CCCCCC)c2cc(/C=C/c3c(F)c(F)c(F)c(F)c3F)ccc2-c2ccc(/C=C/c3c(F)c(F)c(F)c(F)c3F)cc21.CCCCCCC1(CCCCCC)c2cc(/C=C/c3c(F)c(F)c(N=[N+]=[N-])c(F)c3F)ccc2-c2ccc(/C=C/c3c(F)c(F)c(N=[N+]=[N-])c(F)c3F)cc21.CCCCCCC1(CCCCCC)c2cc(Br)ccc2-c2ccc(Br)cc21. The van der Waals surface area contributed by atoms with Crippen LogP contribution in [0.5, 0.6) is 0 Å². The molecule has 0 saturated carbocycles. The van der Waals surface area contributed by atoms with Crippen LogP contribution >= 0.6 is 31.9 Å². The van der Waals surface area contributed by atoms with Gasteiger partial charge in [0.2, 0.25) is 17.5 Å². The van der Waals surface area contributed by atoms with Crippen LogP contribution in [0.1, 0.15) is 318 Å². The van der Waals surface area contributed by atoms with Gasteiger partial charge in [-0.1, -0.05) is 360 Å². The molecule has 14 rings (SSSR count). The number of benzene rings is 11. The third-order valence-corrected chi connectivity index (χ3v) is 28.4. The van der Waals surface area contributed by atoms with Crippen LogP contribution in [0.2, 0.25) is 0 Å². The molecule has 6 nitrogen and oxygen atoms in total. The van der Waals surface area contributed by atoms with Crippen molar-refractivity contribution in [3.8, 4) is 33.4 Å². The Morgan fingerprint density at radius 1 is 0.233 bits per heavy atom.